The van der Waals surface area contributed by atoms with Crippen LogP contribution < -0.4 is 5.73 Å². The third-order valence-electron chi connectivity index (χ3n) is 4.36. The minimum absolute atomic E-state index is 0.0863. The lowest BCUT2D eigenvalue weighted by Crippen LogP contribution is -2.49. The number of nitrogens with two attached hydrogens (primary N) is 1. The lowest BCUT2D eigenvalue weighted by Gasteiger charge is -2.40. The number of hydrogen-bond acceptors (Lipinski definition) is 3. The Morgan fingerprint density at radius 2 is 2.13 bits per heavy atom. The first-order valence-electron chi connectivity index (χ1n) is 6.34. The van der Waals surface area contributed by atoms with Gasteiger partial charge in [-0.1, -0.05) is 6.92 Å². The largest absolute Gasteiger partial charge is 0.391 e. The van der Waals surface area contributed by atoms with Gasteiger partial charge in [0.15, 0.2) is 0 Å². The highest BCUT2D eigenvalue weighted by Crippen LogP contribution is 2.30. The average Bonchev–Trinajstić information content (AvgIpc) is 2.65. The summed E-state index contributed by atoms with van der Waals surface area (Å²) < 4.78 is 0. The van der Waals surface area contributed by atoms with Crippen molar-refractivity contribution >= 4 is 0 Å². The Morgan fingerprint density at radius 3 is 2.73 bits per heavy atom. The van der Waals surface area contributed by atoms with Gasteiger partial charge in [0.05, 0.1) is 6.10 Å². The third kappa shape index (κ3) is 2.35. The standard InChI is InChI=1S/C12H24N2O/c1-9-5-6-14(8-10(9)7-13)11-3-2-4-12(11)15/h9-12,15H,2-8,13H2,1H3. The molecule has 4 atom stereocenters. The molecule has 2 fully saturated rings. The molecule has 1 saturated carbocycles. The lowest BCUT2D eigenvalue weighted by molar-refractivity contribution is 0.0295. The van der Waals surface area contributed by atoms with Crippen molar-refractivity contribution in [3.63, 3.8) is 0 Å². The van der Waals surface area contributed by atoms with E-state index >= 15 is 0 Å². The summed E-state index contributed by atoms with van der Waals surface area (Å²) in [5, 5.41) is 9.89. The molecule has 88 valence electrons. The van der Waals surface area contributed by atoms with Crippen LogP contribution in [0.5, 0.6) is 0 Å². The molecule has 3 nitrogen and oxygen atoms in total. The van der Waals surface area contributed by atoms with E-state index in [2.05, 4.69) is 11.8 Å². The molecule has 0 aromatic rings. The summed E-state index contributed by atoms with van der Waals surface area (Å²) in [5.41, 5.74) is 5.80. The van der Waals surface area contributed by atoms with Gasteiger partial charge < -0.3 is 10.8 Å². The van der Waals surface area contributed by atoms with E-state index < -0.39 is 0 Å². The maximum absolute atomic E-state index is 9.89. The van der Waals surface area contributed by atoms with Gasteiger partial charge in [0.25, 0.3) is 0 Å². The van der Waals surface area contributed by atoms with Crippen molar-refractivity contribution in [3.8, 4) is 0 Å². The molecule has 0 aromatic carbocycles. The Bertz CT molecular complexity index is 210. The molecule has 0 radical (unpaired) electrons. The topological polar surface area (TPSA) is 49.5 Å². The Kier molecular flexibility index (Phi) is 3.65. The summed E-state index contributed by atoms with van der Waals surface area (Å²) in [6, 6.07) is 0.423. The molecule has 1 saturated heterocycles. The predicted octanol–water partition coefficient (Wildman–Crippen LogP) is 0.817. The lowest BCUT2D eigenvalue weighted by atomic mass is 9.86. The molecule has 2 aliphatic rings. The fourth-order valence-electron chi connectivity index (χ4n) is 3.13. The number of nitrogens with zero attached hydrogens (tertiary/aromatic N) is 1. The fraction of sp³-hybridized carbons (Fsp3) is 1.00. The normalized spacial score (nSPS) is 43.4. The van der Waals surface area contributed by atoms with Gasteiger partial charge in [-0.25, -0.2) is 0 Å². The van der Waals surface area contributed by atoms with Gasteiger partial charge in [-0.3, -0.25) is 4.90 Å². The zero-order chi connectivity index (χ0) is 10.8. The number of aliphatic hydroxyl groups excluding tert-OH is 1. The van der Waals surface area contributed by atoms with E-state index in [1.807, 2.05) is 0 Å². The smallest absolute Gasteiger partial charge is 0.0695 e. The zero-order valence-corrected chi connectivity index (χ0v) is 9.73. The highest BCUT2D eigenvalue weighted by molar-refractivity contribution is 4.89. The fourth-order valence-corrected chi connectivity index (χ4v) is 3.13. The van der Waals surface area contributed by atoms with E-state index in [-0.39, 0.29) is 6.10 Å². The Morgan fingerprint density at radius 1 is 1.33 bits per heavy atom. The molecule has 1 heterocycles. The summed E-state index contributed by atoms with van der Waals surface area (Å²) in [7, 11) is 0. The van der Waals surface area contributed by atoms with Gasteiger partial charge in [0.2, 0.25) is 0 Å². The zero-order valence-electron chi connectivity index (χ0n) is 9.73. The Balaban J connectivity index is 1.93. The van der Waals surface area contributed by atoms with Crippen LogP contribution in [0.15, 0.2) is 0 Å². The van der Waals surface area contributed by atoms with E-state index in [0.717, 1.165) is 32.0 Å². The van der Waals surface area contributed by atoms with Crippen molar-refractivity contribution in [1.82, 2.24) is 4.90 Å². The van der Waals surface area contributed by atoms with Crippen LogP contribution in [-0.4, -0.2) is 41.8 Å². The quantitative estimate of drug-likeness (QED) is 0.712. The molecular formula is C12H24N2O. The van der Waals surface area contributed by atoms with Gasteiger partial charge in [-0.05, 0) is 50.6 Å². The second kappa shape index (κ2) is 4.81. The second-order valence-corrected chi connectivity index (χ2v) is 5.32. The van der Waals surface area contributed by atoms with Crippen molar-refractivity contribution < 1.29 is 5.11 Å². The molecule has 0 bridgehead atoms. The molecule has 3 heteroatoms. The maximum Gasteiger partial charge on any atom is 0.0695 e. The molecule has 1 aliphatic heterocycles. The summed E-state index contributed by atoms with van der Waals surface area (Å²) in [5.74, 6) is 1.39. The highest BCUT2D eigenvalue weighted by Gasteiger charge is 2.35. The molecular weight excluding hydrogens is 188 g/mol. The van der Waals surface area contributed by atoms with E-state index in [4.69, 9.17) is 5.73 Å². The molecule has 4 unspecified atom stereocenters. The molecule has 15 heavy (non-hydrogen) atoms. The van der Waals surface area contributed by atoms with Crippen LogP contribution in [0.2, 0.25) is 0 Å². The third-order valence-corrected chi connectivity index (χ3v) is 4.36. The summed E-state index contributed by atoms with van der Waals surface area (Å²) in [6.45, 7) is 5.35. The van der Waals surface area contributed by atoms with E-state index in [1.165, 1.54) is 19.3 Å². The minimum atomic E-state index is -0.0863. The van der Waals surface area contributed by atoms with Crippen molar-refractivity contribution in [3.05, 3.63) is 0 Å². The molecule has 0 spiro atoms. The SMILES string of the molecule is CC1CCN(C2CCCC2O)CC1CN. The molecule has 0 amide bonds. The monoisotopic (exact) mass is 212 g/mol. The molecule has 1 aliphatic carbocycles. The Labute approximate surface area is 92.6 Å². The highest BCUT2D eigenvalue weighted by atomic mass is 16.3. The summed E-state index contributed by atoms with van der Waals surface area (Å²) in [4.78, 5) is 2.48. The minimum Gasteiger partial charge on any atom is -0.391 e. The van der Waals surface area contributed by atoms with Gasteiger partial charge in [0.1, 0.15) is 0 Å². The summed E-state index contributed by atoms with van der Waals surface area (Å²) in [6.07, 6.45) is 4.50. The van der Waals surface area contributed by atoms with Crippen LogP contribution >= 0.6 is 0 Å². The van der Waals surface area contributed by atoms with Crippen LogP contribution in [0.1, 0.15) is 32.6 Å². The van der Waals surface area contributed by atoms with E-state index in [9.17, 15) is 5.11 Å². The number of aliphatic hydroxyl groups is 1. The van der Waals surface area contributed by atoms with Crippen LogP contribution in [0.3, 0.4) is 0 Å². The number of hydrogen-bond donors (Lipinski definition) is 2. The van der Waals surface area contributed by atoms with Gasteiger partial charge in [0, 0.05) is 12.6 Å². The van der Waals surface area contributed by atoms with Crippen LogP contribution in [0, 0.1) is 11.8 Å². The Hall–Kier alpha value is -0.120. The van der Waals surface area contributed by atoms with Crippen LogP contribution in [0.4, 0.5) is 0 Å². The second-order valence-electron chi connectivity index (χ2n) is 5.32. The van der Waals surface area contributed by atoms with Crippen LogP contribution in [-0.2, 0) is 0 Å². The van der Waals surface area contributed by atoms with Crippen LogP contribution in [0.25, 0.3) is 0 Å². The van der Waals surface area contributed by atoms with E-state index in [0.29, 0.717) is 12.0 Å². The van der Waals surface area contributed by atoms with Gasteiger partial charge in [-0.2, -0.15) is 0 Å². The first kappa shape index (κ1) is 11.4. The molecule has 2 rings (SSSR count). The van der Waals surface area contributed by atoms with Crippen molar-refractivity contribution in [1.29, 1.82) is 0 Å². The van der Waals surface area contributed by atoms with Crippen molar-refractivity contribution in [2.75, 3.05) is 19.6 Å². The molecule has 0 aromatic heterocycles. The first-order valence-corrected chi connectivity index (χ1v) is 6.34. The van der Waals surface area contributed by atoms with Crippen molar-refractivity contribution in [2.45, 2.75) is 44.8 Å². The van der Waals surface area contributed by atoms with E-state index in [1.54, 1.807) is 0 Å². The number of likely N-dealkylation sites (tertiary alicyclic amines) is 1. The molecule has 3 N–H and O–H groups in total. The van der Waals surface area contributed by atoms with Crippen molar-refractivity contribution in [2.24, 2.45) is 17.6 Å². The van der Waals surface area contributed by atoms with Gasteiger partial charge in [-0.15, -0.1) is 0 Å². The number of piperidine rings is 1. The first-order chi connectivity index (χ1) is 7.22. The summed E-state index contributed by atoms with van der Waals surface area (Å²) >= 11 is 0. The van der Waals surface area contributed by atoms with Gasteiger partial charge >= 0.3 is 0 Å². The predicted molar refractivity (Wildman–Crippen MR) is 61.5 cm³/mol. The maximum atomic E-state index is 9.89. The average molecular weight is 212 g/mol. The number of rotatable bonds is 2.